The van der Waals surface area contributed by atoms with Crippen molar-refractivity contribution in [2.24, 2.45) is 0 Å². The molecule has 0 saturated heterocycles. The molecule has 0 aromatic carbocycles. The number of nitrogens with one attached hydrogen (secondary N) is 2. The fourth-order valence-electron chi connectivity index (χ4n) is 2.81. The average Bonchev–Trinajstić information content (AvgIpc) is 2.35. The number of anilines is 2. The van der Waals surface area contributed by atoms with E-state index in [0.29, 0.717) is 18.1 Å². The molecule has 0 saturated carbocycles. The van der Waals surface area contributed by atoms with E-state index in [9.17, 15) is 4.79 Å². The molecule has 1 amide bonds. The van der Waals surface area contributed by atoms with Crippen molar-refractivity contribution >= 4 is 17.5 Å². The van der Waals surface area contributed by atoms with Gasteiger partial charge >= 0.3 is 0 Å². The zero-order valence-corrected chi connectivity index (χ0v) is 10.6. The second-order valence-electron chi connectivity index (χ2n) is 5.36. The van der Waals surface area contributed by atoms with Crippen LogP contribution >= 0.6 is 0 Å². The van der Waals surface area contributed by atoms with Gasteiger partial charge in [0.2, 0.25) is 5.91 Å². The van der Waals surface area contributed by atoms with E-state index in [1.54, 1.807) is 0 Å². The summed E-state index contributed by atoms with van der Waals surface area (Å²) in [6.45, 7) is 7.92. The Bertz CT molecular complexity index is 566. The standard InChI is InChI=1S/C13H16N4O/c1-7-4-5-13(3)6-9(18)17-12-10(13)11(14-7)15-8(2)16-12/h1,4-6H2,2-3H3,(H2,14,15,16,17,18). The molecule has 94 valence electrons. The monoisotopic (exact) mass is 244 g/mol. The van der Waals surface area contributed by atoms with E-state index < -0.39 is 0 Å². The first-order chi connectivity index (χ1) is 8.48. The summed E-state index contributed by atoms with van der Waals surface area (Å²) < 4.78 is 0. The highest BCUT2D eigenvalue weighted by atomic mass is 16.1. The van der Waals surface area contributed by atoms with Crippen molar-refractivity contribution in [2.75, 3.05) is 10.6 Å². The summed E-state index contributed by atoms with van der Waals surface area (Å²) in [6, 6.07) is 0. The number of amides is 1. The summed E-state index contributed by atoms with van der Waals surface area (Å²) >= 11 is 0. The van der Waals surface area contributed by atoms with Crippen molar-refractivity contribution in [1.29, 1.82) is 0 Å². The second-order valence-corrected chi connectivity index (χ2v) is 5.36. The Hall–Kier alpha value is -1.91. The second kappa shape index (κ2) is 3.54. The molecule has 2 aliphatic heterocycles. The highest BCUT2D eigenvalue weighted by Crippen LogP contribution is 2.46. The molecular weight excluding hydrogens is 228 g/mol. The maximum Gasteiger partial charge on any atom is 0.226 e. The number of hydrogen-bond acceptors (Lipinski definition) is 4. The molecule has 18 heavy (non-hydrogen) atoms. The van der Waals surface area contributed by atoms with Crippen LogP contribution < -0.4 is 10.6 Å². The lowest BCUT2D eigenvalue weighted by Crippen LogP contribution is -2.35. The predicted octanol–water partition coefficient (Wildman–Crippen LogP) is 2.10. The number of carbonyl (C=O) groups is 1. The van der Waals surface area contributed by atoms with Crippen molar-refractivity contribution < 1.29 is 4.79 Å². The molecule has 0 bridgehead atoms. The quantitative estimate of drug-likeness (QED) is 0.733. The normalized spacial score (nSPS) is 25.9. The van der Waals surface area contributed by atoms with Crippen LogP contribution in [0.3, 0.4) is 0 Å². The highest BCUT2D eigenvalue weighted by molar-refractivity contribution is 5.95. The Kier molecular flexibility index (Phi) is 2.20. The van der Waals surface area contributed by atoms with Gasteiger partial charge in [-0.25, -0.2) is 9.97 Å². The molecule has 5 nitrogen and oxygen atoms in total. The van der Waals surface area contributed by atoms with Crippen LogP contribution in [0.5, 0.6) is 0 Å². The van der Waals surface area contributed by atoms with E-state index in [-0.39, 0.29) is 11.3 Å². The molecular formula is C13H16N4O. The van der Waals surface area contributed by atoms with Crippen molar-refractivity contribution in [3.63, 3.8) is 0 Å². The van der Waals surface area contributed by atoms with Crippen LogP contribution in [0.25, 0.3) is 0 Å². The topological polar surface area (TPSA) is 66.9 Å². The summed E-state index contributed by atoms with van der Waals surface area (Å²) in [6.07, 6.45) is 2.21. The fraction of sp³-hybridized carbons (Fsp3) is 0.462. The Labute approximate surface area is 106 Å². The summed E-state index contributed by atoms with van der Waals surface area (Å²) in [5, 5.41) is 6.09. The van der Waals surface area contributed by atoms with Crippen LogP contribution in [0, 0.1) is 6.92 Å². The van der Waals surface area contributed by atoms with Crippen LogP contribution in [-0.4, -0.2) is 15.9 Å². The molecule has 5 heteroatoms. The van der Waals surface area contributed by atoms with Crippen LogP contribution in [0.2, 0.25) is 0 Å². The van der Waals surface area contributed by atoms with Crippen molar-refractivity contribution in [3.05, 3.63) is 23.7 Å². The number of allylic oxidation sites excluding steroid dienone is 1. The van der Waals surface area contributed by atoms with Crippen molar-refractivity contribution in [1.82, 2.24) is 9.97 Å². The number of hydrogen-bond donors (Lipinski definition) is 2. The molecule has 1 unspecified atom stereocenters. The Balaban J connectivity index is 2.27. The molecule has 1 aromatic heterocycles. The molecule has 0 fully saturated rings. The Morgan fingerprint density at radius 2 is 1.94 bits per heavy atom. The average molecular weight is 244 g/mol. The van der Waals surface area contributed by atoms with E-state index >= 15 is 0 Å². The Morgan fingerprint density at radius 3 is 2.67 bits per heavy atom. The first-order valence-corrected chi connectivity index (χ1v) is 6.12. The molecule has 1 atom stereocenters. The van der Waals surface area contributed by atoms with E-state index in [4.69, 9.17) is 0 Å². The van der Waals surface area contributed by atoms with Gasteiger partial charge in [0, 0.05) is 23.1 Å². The smallest absolute Gasteiger partial charge is 0.226 e. The maximum absolute atomic E-state index is 11.8. The van der Waals surface area contributed by atoms with Gasteiger partial charge in [0.15, 0.2) is 0 Å². The highest BCUT2D eigenvalue weighted by Gasteiger charge is 2.41. The molecule has 3 rings (SSSR count). The molecule has 3 heterocycles. The number of carbonyl (C=O) groups excluding carboxylic acids is 1. The van der Waals surface area contributed by atoms with E-state index in [0.717, 1.165) is 29.9 Å². The number of rotatable bonds is 0. The van der Waals surface area contributed by atoms with Crippen LogP contribution in [0.1, 0.15) is 37.6 Å². The van der Waals surface area contributed by atoms with Gasteiger partial charge in [-0.15, -0.1) is 0 Å². The third kappa shape index (κ3) is 1.58. The molecule has 0 aliphatic carbocycles. The van der Waals surface area contributed by atoms with Gasteiger partial charge in [0.25, 0.3) is 0 Å². The maximum atomic E-state index is 11.8. The summed E-state index contributed by atoms with van der Waals surface area (Å²) in [4.78, 5) is 20.6. The molecule has 2 N–H and O–H groups in total. The van der Waals surface area contributed by atoms with Crippen LogP contribution in [0.15, 0.2) is 12.3 Å². The minimum atomic E-state index is -0.201. The summed E-state index contributed by atoms with van der Waals surface area (Å²) in [5.41, 5.74) is 1.76. The third-order valence-electron chi connectivity index (χ3n) is 3.71. The molecule has 2 aliphatic rings. The molecule has 0 radical (unpaired) electrons. The van der Waals surface area contributed by atoms with Gasteiger partial charge in [-0.05, 0) is 19.8 Å². The largest absolute Gasteiger partial charge is 0.344 e. The van der Waals surface area contributed by atoms with E-state index in [1.807, 2.05) is 6.92 Å². The van der Waals surface area contributed by atoms with Gasteiger partial charge in [-0.1, -0.05) is 13.5 Å². The number of aromatic nitrogens is 2. The van der Waals surface area contributed by atoms with E-state index in [1.165, 1.54) is 0 Å². The number of aryl methyl sites for hydroxylation is 1. The lowest BCUT2D eigenvalue weighted by molar-refractivity contribution is -0.117. The summed E-state index contributed by atoms with van der Waals surface area (Å²) in [7, 11) is 0. The van der Waals surface area contributed by atoms with E-state index in [2.05, 4.69) is 34.1 Å². The van der Waals surface area contributed by atoms with Crippen molar-refractivity contribution in [3.8, 4) is 0 Å². The third-order valence-corrected chi connectivity index (χ3v) is 3.71. The van der Waals surface area contributed by atoms with Crippen LogP contribution in [-0.2, 0) is 10.2 Å². The van der Waals surface area contributed by atoms with Gasteiger partial charge in [-0.3, -0.25) is 4.79 Å². The van der Waals surface area contributed by atoms with Gasteiger partial charge in [-0.2, -0.15) is 0 Å². The van der Waals surface area contributed by atoms with Gasteiger partial charge in [0.05, 0.1) is 0 Å². The zero-order valence-electron chi connectivity index (χ0n) is 10.6. The van der Waals surface area contributed by atoms with Crippen LogP contribution in [0.4, 0.5) is 11.6 Å². The lowest BCUT2D eigenvalue weighted by Gasteiger charge is -2.34. The van der Waals surface area contributed by atoms with Gasteiger partial charge in [0.1, 0.15) is 17.5 Å². The first-order valence-electron chi connectivity index (χ1n) is 6.12. The Morgan fingerprint density at radius 1 is 1.28 bits per heavy atom. The molecule has 1 aromatic rings. The predicted molar refractivity (Wildman–Crippen MR) is 69.4 cm³/mol. The summed E-state index contributed by atoms with van der Waals surface area (Å²) in [5.74, 6) is 2.12. The van der Waals surface area contributed by atoms with Crippen molar-refractivity contribution in [2.45, 2.75) is 38.5 Å². The zero-order chi connectivity index (χ0) is 12.9. The first kappa shape index (κ1) is 11.2. The minimum absolute atomic E-state index is 0.0292. The fourth-order valence-corrected chi connectivity index (χ4v) is 2.81. The molecule has 0 spiro atoms. The number of nitrogens with zero attached hydrogens (tertiary/aromatic N) is 2. The minimum Gasteiger partial charge on any atom is -0.344 e. The van der Waals surface area contributed by atoms with Gasteiger partial charge < -0.3 is 10.6 Å². The lowest BCUT2D eigenvalue weighted by atomic mass is 9.74. The SMILES string of the molecule is C=C1CCC2(C)CC(=O)Nc3nc(C)nc(c32)N1.